The molecule has 0 bridgehead atoms. The highest BCUT2D eigenvalue weighted by molar-refractivity contribution is 7.98. The summed E-state index contributed by atoms with van der Waals surface area (Å²) in [6.45, 7) is 2.16. The minimum atomic E-state index is -0.812. The van der Waals surface area contributed by atoms with Gasteiger partial charge in [0, 0.05) is 21.2 Å². The van der Waals surface area contributed by atoms with Crippen molar-refractivity contribution >= 4 is 35.3 Å². The summed E-state index contributed by atoms with van der Waals surface area (Å²) in [6, 6.07) is 12.4. The first-order chi connectivity index (χ1) is 12.4. The lowest BCUT2D eigenvalue weighted by Gasteiger charge is -2.12. The summed E-state index contributed by atoms with van der Waals surface area (Å²) in [5.41, 5.74) is 6.16. The van der Waals surface area contributed by atoms with E-state index in [4.69, 9.17) is 27.3 Å². The largest absolute Gasteiger partial charge is 0.504 e. The SMILES string of the molecule is CCOc1cc(/C=C(\C#N)C(N)=O)cc(CSc2cccc(Cl)c2)c1O. The number of carbonyl (C=O) groups excluding carboxylic acids is 1. The highest BCUT2D eigenvalue weighted by atomic mass is 35.5. The number of phenols is 1. The van der Waals surface area contributed by atoms with Gasteiger partial charge in [0.15, 0.2) is 11.5 Å². The fourth-order valence-corrected chi connectivity index (χ4v) is 3.37. The quantitative estimate of drug-likeness (QED) is 0.422. The second-order valence-corrected chi connectivity index (χ2v) is 6.73. The number of rotatable bonds is 7. The summed E-state index contributed by atoms with van der Waals surface area (Å²) < 4.78 is 5.46. The first-order valence-electron chi connectivity index (χ1n) is 7.73. The molecule has 3 N–H and O–H groups in total. The van der Waals surface area contributed by atoms with Crippen molar-refractivity contribution < 1.29 is 14.6 Å². The highest BCUT2D eigenvalue weighted by Crippen LogP contribution is 2.36. The molecule has 0 unspecified atom stereocenters. The van der Waals surface area contributed by atoms with E-state index in [-0.39, 0.29) is 17.1 Å². The summed E-state index contributed by atoms with van der Waals surface area (Å²) in [5.74, 6) is -0.0546. The second kappa shape index (κ2) is 9.18. The van der Waals surface area contributed by atoms with Crippen LogP contribution < -0.4 is 10.5 Å². The molecule has 0 heterocycles. The molecule has 1 amide bonds. The van der Waals surface area contributed by atoms with E-state index >= 15 is 0 Å². The van der Waals surface area contributed by atoms with Crippen LogP contribution >= 0.6 is 23.4 Å². The van der Waals surface area contributed by atoms with Gasteiger partial charge in [0.05, 0.1) is 6.61 Å². The number of thioether (sulfide) groups is 1. The van der Waals surface area contributed by atoms with Crippen molar-refractivity contribution in [3.05, 3.63) is 58.1 Å². The number of hydrogen-bond donors (Lipinski definition) is 2. The minimum absolute atomic E-state index is 0.0242. The number of phenolic OH excluding ortho intramolecular Hbond substituents is 1. The summed E-state index contributed by atoms with van der Waals surface area (Å²) in [4.78, 5) is 12.2. The van der Waals surface area contributed by atoms with Gasteiger partial charge in [0.2, 0.25) is 0 Å². The van der Waals surface area contributed by atoms with E-state index in [1.807, 2.05) is 18.2 Å². The fourth-order valence-electron chi connectivity index (χ4n) is 2.19. The summed E-state index contributed by atoms with van der Waals surface area (Å²) >= 11 is 7.48. The molecule has 0 fully saturated rings. The van der Waals surface area contributed by atoms with Crippen LogP contribution in [-0.2, 0) is 10.5 Å². The van der Waals surface area contributed by atoms with Crippen LogP contribution in [0.2, 0.25) is 5.02 Å². The predicted octanol–water partition coefficient (Wildman–Crippen LogP) is 4.13. The molecule has 134 valence electrons. The van der Waals surface area contributed by atoms with E-state index in [0.29, 0.717) is 28.5 Å². The van der Waals surface area contributed by atoms with Gasteiger partial charge in [0.25, 0.3) is 5.91 Å². The van der Waals surface area contributed by atoms with Crippen molar-refractivity contribution in [2.24, 2.45) is 5.73 Å². The number of nitriles is 1. The van der Waals surface area contributed by atoms with Crippen molar-refractivity contribution in [3.8, 4) is 17.6 Å². The number of amides is 1. The smallest absolute Gasteiger partial charge is 0.259 e. The maximum absolute atomic E-state index is 11.3. The Bertz CT molecular complexity index is 891. The molecule has 7 heteroatoms. The van der Waals surface area contributed by atoms with Crippen LogP contribution in [-0.4, -0.2) is 17.6 Å². The maximum atomic E-state index is 11.3. The first-order valence-corrected chi connectivity index (χ1v) is 9.09. The molecule has 0 aliphatic heterocycles. The molecule has 0 saturated heterocycles. The predicted molar refractivity (Wildman–Crippen MR) is 103 cm³/mol. The zero-order valence-electron chi connectivity index (χ0n) is 14.0. The molecule has 2 aromatic rings. The maximum Gasteiger partial charge on any atom is 0.259 e. The molecule has 0 aliphatic rings. The topological polar surface area (TPSA) is 96.3 Å². The zero-order chi connectivity index (χ0) is 19.1. The van der Waals surface area contributed by atoms with Crippen LogP contribution in [0.5, 0.6) is 11.5 Å². The Morgan fingerprint density at radius 3 is 2.81 bits per heavy atom. The molecule has 2 aromatic carbocycles. The number of nitrogens with zero attached hydrogens (tertiary/aromatic N) is 1. The van der Waals surface area contributed by atoms with Crippen molar-refractivity contribution in [2.45, 2.75) is 17.6 Å². The average molecular weight is 389 g/mol. The van der Waals surface area contributed by atoms with E-state index in [1.165, 1.54) is 17.8 Å². The Kier molecular flexibility index (Phi) is 6.96. The third kappa shape index (κ3) is 5.19. The first kappa shape index (κ1) is 19.7. The number of nitrogens with two attached hydrogens (primary N) is 1. The van der Waals surface area contributed by atoms with Gasteiger partial charge in [0.1, 0.15) is 11.6 Å². The van der Waals surface area contributed by atoms with Gasteiger partial charge >= 0.3 is 0 Å². The molecule has 2 rings (SSSR count). The monoisotopic (exact) mass is 388 g/mol. The minimum Gasteiger partial charge on any atom is -0.504 e. The lowest BCUT2D eigenvalue weighted by Crippen LogP contribution is -2.12. The Balaban J connectivity index is 2.37. The van der Waals surface area contributed by atoms with Crippen LogP contribution in [0.15, 0.2) is 46.9 Å². The number of carbonyl (C=O) groups is 1. The molecule has 5 nitrogen and oxygen atoms in total. The van der Waals surface area contributed by atoms with E-state index in [0.717, 1.165) is 4.90 Å². The number of benzene rings is 2. The van der Waals surface area contributed by atoms with Crippen LogP contribution in [0, 0.1) is 11.3 Å². The molecule has 0 atom stereocenters. The van der Waals surface area contributed by atoms with Crippen LogP contribution in [0.3, 0.4) is 0 Å². The molecule has 26 heavy (non-hydrogen) atoms. The molecular weight excluding hydrogens is 372 g/mol. The van der Waals surface area contributed by atoms with Crippen molar-refractivity contribution in [3.63, 3.8) is 0 Å². The van der Waals surface area contributed by atoms with E-state index < -0.39 is 5.91 Å². The summed E-state index contributed by atoms with van der Waals surface area (Å²) in [6.07, 6.45) is 1.37. The Hall–Kier alpha value is -2.62. The third-order valence-electron chi connectivity index (χ3n) is 3.36. The van der Waals surface area contributed by atoms with Gasteiger partial charge in [-0.2, -0.15) is 5.26 Å². The molecule has 0 spiro atoms. The van der Waals surface area contributed by atoms with E-state index in [9.17, 15) is 9.90 Å². The number of hydrogen-bond acceptors (Lipinski definition) is 5. The van der Waals surface area contributed by atoms with Crippen LogP contribution in [0.4, 0.5) is 0 Å². The van der Waals surface area contributed by atoms with Crippen LogP contribution in [0.1, 0.15) is 18.1 Å². The Morgan fingerprint density at radius 1 is 1.42 bits per heavy atom. The standard InChI is InChI=1S/C19H17ClN2O3S/c1-2-25-17-8-12(6-13(10-21)19(22)24)7-14(18(17)23)11-26-16-5-3-4-15(20)9-16/h3-9,23H,2,11H2,1H3,(H2,22,24)/b13-6+. The molecule has 0 aliphatic carbocycles. The lowest BCUT2D eigenvalue weighted by molar-refractivity contribution is -0.114. The number of primary amides is 1. The van der Waals surface area contributed by atoms with Gasteiger partial charge in [-0.05, 0) is 48.9 Å². The van der Waals surface area contributed by atoms with Gasteiger partial charge in [-0.15, -0.1) is 11.8 Å². The summed E-state index contributed by atoms with van der Waals surface area (Å²) in [7, 11) is 0. The van der Waals surface area contributed by atoms with Gasteiger partial charge in [-0.1, -0.05) is 17.7 Å². The zero-order valence-corrected chi connectivity index (χ0v) is 15.6. The molecule has 0 aromatic heterocycles. The number of halogens is 1. The average Bonchev–Trinajstić information content (AvgIpc) is 2.60. The molecule has 0 radical (unpaired) electrons. The highest BCUT2D eigenvalue weighted by Gasteiger charge is 2.13. The lowest BCUT2D eigenvalue weighted by atomic mass is 10.1. The second-order valence-electron chi connectivity index (χ2n) is 5.24. The number of aromatic hydroxyl groups is 1. The Labute approximate surface area is 161 Å². The Morgan fingerprint density at radius 2 is 2.19 bits per heavy atom. The third-order valence-corrected chi connectivity index (χ3v) is 4.64. The van der Waals surface area contributed by atoms with Crippen molar-refractivity contribution in [2.75, 3.05) is 6.61 Å². The summed E-state index contributed by atoms with van der Waals surface area (Å²) in [5, 5.41) is 20.1. The number of ether oxygens (including phenoxy) is 1. The van der Waals surface area contributed by atoms with Gasteiger partial charge in [-0.3, -0.25) is 4.79 Å². The van der Waals surface area contributed by atoms with Gasteiger partial charge in [-0.25, -0.2) is 0 Å². The van der Waals surface area contributed by atoms with Crippen molar-refractivity contribution in [1.29, 1.82) is 5.26 Å². The van der Waals surface area contributed by atoms with E-state index in [2.05, 4.69) is 0 Å². The van der Waals surface area contributed by atoms with Gasteiger partial charge < -0.3 is 15.6 Å². The van der Waals surface area contributed by atoms with Crippen LogP contribution in [0.25, 0.3) is 6.08 Å². The molecular formula is C19H17ClN2O3S. The fraction of sp³-hybridized carbons (Fsp3) is 0.158. The van der Waals surface area contributed by atoms with Crippen molar-refractivity contribution in [1.82, 2.24) is 0 Å². The molecule has 0 saturated carbocycles. The van der Waals surface area contributed by atoms with E-state index in [1.54, 1.807) is 31.2 Å². The normalized spacial score (nSPS) is 11.0.